The number of fused-ring (bicyclic) bond motifs is 1. The molecule has 0 amide bonds. The molecule has 0 heterocycles. The van der Waals surface area contributed by atoms with Crippen molar-refractivity contribution in [3.8, 4) is 0 Å². The Hall–Kier alpha value is -1.70. The molecule has 2 rings (SSSR count). The first-order valence-electron chi connectivity index (χ1n) is 5.47. The van der Waals surface area contributed by atoms with Crippen LogP contribution in [0.3, 0.4) is 0 Å². The number of rotatable bonds is 0. The highest BCUT2D eigenvalue weighted by Crippen LogP contribution is 2.30. The third-order valence-electron chi connectivity index (χ3n) is 2.87. The number of hydrogen-bond donors (Lipinski definition) is 2. The average molecular weight is 214 g/mol. The van der Waals surface area contributed by atoms with Crippen LogP contribution in [-0.4, -0.2) is 0 Å². The molecule has 84 valence electrons. The summed E-state index contributed by atoms with van der Waals surface area (Å²) in [7, 11) is 0. The van der Waals surface area contributed by atoms with Crippen molar-refractivity contribution in [2.24, 2.45) is 0 Å². The van der Waals surface area contributed by atoms with E-state index in [2.05, 4.69) is 39.0 Å². The number of benzene rings is 2. The zero-order chi connectivity index (χ0) is 11.9. The maximum atomic E-state index is 5.94. The van der Waals surface area contributed by atoms with Crippen LogP contribution >= 0.6 is 0 Å². The van der Waals surface area contributed by atoms with E-state index in [0.29, 0.717) is 0 Å². The summed E-state index contributed by atoms with van der Waals surface area (Å²) in [5, 5.41) is 2.19. The van der Waals surface area contributed by atoms with Crippen molar-refractivity contribution in [1.82, 2.24) is 0 Å². The average Bonchev–Trinajstić information content (AvgIpc) is 2.15. The molecule has 0 aromatic heterocycles. The second-order valence-electron chi connectivity index (χ2n) is 5.30. The second kappa shape index (κ2) is 3.41. The van der Waals surface area contributed by atoms with Crippen molar-refractivity contribution in [2.75, 3.05) is 11.5 Å². The lowest BCUT2D eigenvalue weighted by Crippen LogP contribution is -2.10. The molecule has 16 heavy (non-hydrogen) atoms. The molecule has 0 fully saturated rings. The van der Waals surface area contributed by atoms with Gasteiger partial charge in [0, 0.05) is 16.8 Å². The van der Waals surface area contributed by atoms with Crippen molar-refractivity contribution in [3.05, 3.63) is 35.9 Å². The van der Waals surface area contributed by atoms with Gasteiger partial charge in [-0.25, -0.2) is 0 Å². The Bertz CT molecular complexity index is 536. The minimum absolute atomic E-state index is 0.146. The molecule has 0 spiro atoms. The minimum atomic E-state index is 0.146. The summed E-state index contributed by atoms with van der Waals surface area (Å²) in [5.74, 6) is 0. The fourth-order valence-electron chi connectivity index (χ4n) is 1.89. The van der Waals surface area contributed by atoms with Gasteiger partial charge in [-0.2, -0.15) is 0 Å². The van der Waals surface area contributed by atoms with Crippen LogP contribution in [0.2, 0.25) is 0 Å². The highest BCUT2D eigenvalue weighted by molar-refractivity contribution is 5.96. The number of hydrogen-bond acceptors (Lipinski definition) is 2. The summed E-state index contributed by atoms with van der Waals surface area (Å²) in [6, 6.07) is 10.2. The van der Waals surface area contributed by atoms with Crippen molar-refractivity contribution >= 4 is 22.1 Å². The first kappa shape index (κ1) is 10.8. The summed E-state index contributed by atoms with van der Waals surface area (Å²) in [6.45, 7) is 6.59. The molecule has 0 aliphatic carbocycles. The summed E-state index contributed by atoms with van der Waals surface area (Å²) in [5.41, 5.74) is 14.6. The quantitative estimate of drug-likeness (QED) is 0.661. The second-order valence-corrected chi connectivity index (χ2v) is 5.30. The van der Waals surface area contributed by atoms with E-state index in [1.54, 1.807) is 6.07 Å². The molecule has 0 aliphatic heterocycles. The topological polar surface area (TPSA) is 52.0 Å². The lowest BCUT2D eigenvalue weighted by Gasteiger charge is -2.19. The van der Waals surface area contributed by atoms with Crippen molar-refractivity contribution in [1.29, 1.82) is 0 Å². The number of nitrogens with two attached hydrogens (primary N) is 2. The van der Waals surface area contributed by atoms with Crippen LogP contribution in [0.1, 0.15) is 26.3 Å². The fourth-order valence-corrected chi connectivity index (χ4v) is 1.89. The predicted molar refractivity (Wildman–Crippen MR) is 71.5 cm³/mol. The summed E-state index contributed by atoms with van der Waals surface area (Å²) < 4.78 is 0. The SMILES string of the molecule is CC(C)(C)c1ccc2c(N)cc(N)cc2c1. The van der Waals surface area contributed by atoms with Gasteiger partial charge in [0.1, 0.15) is 0 Å². The monoisotopic (exact) mass is 214 g/mol. The molecule has 0 bridgehead atoms. The Kier molecular flexibility index (Phi) is 2.30. The van der Waals surface area contributed by atoms with Gasteiger partial charge in [0.05, 0.1) is 0 Å². The molecule has 0 unspecified atom stereocenters. The third-order valence-corrected chi connectivity index (χ3v) is 2.87. The Morgan fingerprint density at radius 3 is 2.25 bits per heavy atom. The zero-order valence-corrected chi connectivity index (χ0v) is 10.0. The van der Waals surface area contributed by atoms with Gasteiger partial charge < -0.3 is 11.5 Å². The van der Waals surface area contributed by atoms with E-state index in [1.165, 1.54) is 5.56 Å². The zero-order valence-electron chi connectivity index (χ0n) is 10.0. The van der Waals surface area contributed by atoms with Gasteiger partial charge >= 0.3 is 0 Å². The Morgan fingerprint density at radius 2 is 1.62 bits per heavy atom. The maximum absolute atomic E-state index is 5.94. The van der Waals surface area contributed by atoms with Crippen LogP contribution in [0.15, 0.2) is 30.3 Å². The summed E-state index contributed by atoms with van der Waals surface area (Å²) >= 11 is 0. The first-order chi connectivity index (χ1) is 7.38. The molecule has 0 atom stereocenters. The van der Waals surface area contributed by atoms with Crippen molar-refractivity contribution in [2.45, 2.75) is 26.2 Å². The van der Waals surface area contributed by atoms with Crippen molar-refractivity contribution < 1.29 is 0 Å². The Labute approximate surface area is 96.3 Å². The van der Waals surface area contributed by atoms with E-state index in [4.69, 9.17) is 11.5 Å². The molecule has 2 heteroatoms. The Morgan fingerprint density at radius 1 is 0.938 bits per heavy atom. The van der Waals surface area contributed by atoms with Crippen LogP contribution in [0, 0.1) is 0 Å². The van der Waals surface area contributed by atoms with Gasteiger partial charge in [-0.1, -0.05) is 39.0 Å². The van der Waals surface area contributed by atoms with E-state index in [9.17, 15) is 0 Å². The highest BCUT2D eigenvalue weighted by atomic mass is 14.6. The van der Waals surface area contributed by atoms with Crippen LogP contribution in [0.5, 0.6) is 0 Å². The van der Waals surface area contributed by atoms with Crippen LogP contribution in [-0.2, 0) is 5.41 Å². The molecular formula is C14H18N2. The standard InChI is InChI=1S/C14H18N2/c1-14(2,3)10-4-5-12-9(6-10)7-11(15)8-13(12)16/h4-8H,15-16H2,1-3H3. The number of nitrogen functional groups attached to an aromatic ring is 2. The lowest BCUT2D eigenvalue weighted by molar-refractivity contribution is 0.591. The highest BCUT2D eigenvalue weighted by Gasteiger charge is 2.14. The van der Waals surface area contributed by atoms with E-state index in [1.807, 2.05) is 6.07 Å². The molecule has 0 radical (unpaired) electrons. The van der Waals surface area contributed by atoms with Gasteiger partial charge in [-0.3, -0.25) is 0 Å². The van der Waals surface area contributed by atoms with Gasteiger partial charge in [0.2, 0.25) is 0 Å². The van der Waals surface area contributed by atoms with Crippen molar-refractivity contribution in [3.63, 3.8) is 0 Å². The molecule has 2 nitrogen and oxygen atoms in total. The van der Waals surface area contributed by atoms with Crippen LogP contribution in [0.4, 0.5) is 11.4 Å². The predicted octanol–water partition coefficient (Wildman–Crippen LogP) is 3.30. The molecule has 0 saturated carbocycles. The molecule has 2 aromatic carbocycles. The molecule has 0 aliphatic rings. The first-order valence-corrected chi connectivity index (χ1v) is 5.47. The normalized spacial score (nSPS) is 11.9. The molecule has 0 saturated heterocycles. The third kappa shape index (κ3) is 1.83. The molecule has 2 aromatic rings. The van der Waals surface area contributed by atoms with E-state index >= 15 is 0 Å². The fraction of sp³-hybridized carbons (Fsp3) is 0.286. The lowest BCUT2D eigenvalue weighted by atomic mass is 9.86. The largest absolute Gasteiger partial charge is 0.399 e. The Balaban J connectivity index is 2.71. The number of anilines is 2. The van der Waals surface area contributed by atoms with Gasteiger partial charge in [0.25, 0.3) is 0 Å². The van der Waals surface area contributed by atoms with Gasteiger partial charge in [-0.05, 0) is 28.5 Å². The van der Waals surface area contributed by atoms with E-state index in [0.717, 1.165) is 22.1 Å². The maximum Gasteiger partial charge on any atom is 0.0414 e. The van der Waals surface area contributed by atoms with Gasteiger partial charge in [-0.15, -0.1) is 0 Å². The summed E-state index contributed by atoms with van der Waals surface area (Å²) in [4.78, 5) is 0. The van der Waals surface area contributed by atoms with Crippen LogP contribution < -0.4 is 11.5 Å². The minimum Gasteiger partial charge on any atom is -0.399 e. The van der Waals surface area contributed by atoms with E-state index in [-0.39, 0.29) is 5.41 Å². The van der Waals surface area contributed by atoms with E-state index < -0.39 is 0 Å². The molecule has 4 N–H and O–H groups in total. The van der Waals surface area contributed by atoms with Crippen LogP contribution in [0.25, 0.3) is 10.8 Å². The smallest absolute Gasteiger partial charge is 0.0414 e. The molecular weight excluding hydrogens is 196 g/mol. The summed E-state index contributed by atoms with van der Waals surface area (Å²) in [6.07, 6.45) is 0. The van der Waals surface area contributed by atoms with Gasteiger partial charge in [0.15, 0.2) is 0 Å².